The average Bonchev–Trinajstić information content (AvgIpc) is 2.74. The standard InChI is InChI=1S/C24H31N3O2/c1-18(2)14-22(28)27-12-9-24(10-13-27,23(29)25-3)16-19-6-4-7-20(15-19)21-8-5-11-26-17-21/h4-8,11,15,17-18H,9-10,12-14,16H2,1-3H3,(H,25,29). The predicted octanol–water partition coefficient (Wildman–Crippen LogP) is 3.69. The molecule has 1 aromatic heterocycles. The third kappa shape index (κ3) is 5.03. The Morgan fingerprint density at radius 1 is 1.14 bits per heavy atom. The largest absolute Gasteiger partial charge is 0.359 e. The second-order valence-electron chi connectivity index (χ2n) is 8.46. The molecule has 5 heteroatoms. The van der Waals surface area contributed by atoms with Gasteiger partial charge in [0.25, 0.3) is 0 Å². The molecule has 3 rings (SSSR count). The Kier molecular flexibility index (Phi) is 6.68. The molecule has 29 heavy (non-hydrogen) atoms. The Morgan fingerprint density at radius 2 is 1.86 bits per heavy atom. The van der Waals surface area contributed by atoms with Gasteiger partial charge in [-0.1, -0.05) is 44.2 Å². The molecule has 2 heterocycles. The van der Waals surface area contributed by atoms with Crippen LogP contribution in [0.5, 0.6) is 0 Å². The summed E-state index contributed by atoms with van der Waals surface area (Å²) in [5, 5.41) is 2.87. The van der Waals surface area contributed by atoms with Crippen LogP contribution in [0.1, 0.15) is 38.7 Å². The molecule has 1 fully saturated rings. The van der Waals surface area contributed by atoms with Crippen LogP contribution in [-0.4, -0.2) is 41.8 Å². The number of nitrogens with zero attached hydrogens (tertiary/aromatic N) is 2. The minimum Gasteiger partial charge on any atom is -0.359 e. The van der Waals surface area contributed by atoms with E-state index in [0.717, 1.165) is 16.7 Å². The van der Waals surface area contributed by atoms with Gasteiger partial charge in [0.1, 0.15) is 0 Å². The van der Waals surface area contributed by atoms with E-state index in [9.17, 15) is 9.59 Å². The first-order chi connectivity index (χ1) is 13.9. The van der Waals surface area contributed by atoms with Crippen LogP contribution in [0.2, 0.25) is 0 Å². The molecule has 1 saturated heterocycles. The van der Waals surface area contributed by atoms with Crippen LogP contribution in [0, 0.1) is 11.3 Å². The maximum atomic E-state index is 12.9. The van der Waals surface area contributed by atoms with Crippen molar-refractivity contribution < 1.29 is 9.59 Å². The molecule has 1 N–H and O–H groups in total. The second kappa shape index (κ2) is 9.21. The topological polar surface area (TPSA) is 62.3 Å². The van der Waals surface area contributed by atoms with Gasteiger partial charge in [0.05, 0.1) is 5.41 Å². The number of benzene rings is 1. The van der Waals surface area contributed by atoms with Crippen molar-refractivity contribution in [2.75, 3.05) is 20.1 Å². The molecular weight excluding hydrogens is 362 g/mol. The number of hydrogen-bond donors (Lipinski definition) is 1. The average molecular weight is 394 g/mol. The van der Waals surface area contributed by atoms with Crippen LogP contribution in [-0.2, 0) is 16.0 Å². The summed E-state index contributed by atoms with van der Waals surface area (Å²) < 4.78 is 0. The second-order valence-corrected chi connectivity index (χ2v) is 8.46. The first-order valence-electron chi connectivity index (χ1n) is 10.4. The maximum Gasteiger partial charge on any atom is 0.226 e. The van der Waals surface area contributed by atoms with Gasteiger partial charge in [-0.25, -0.2) is 0 Å². The van der Waals surface area contributed by atoms with Crippen molar-refractivity contribution >= 4 is 11.8 Å². The number of carbonyl (C=O) groups excluding carboxylic acids is 2. The van der Waals surface area contributed by atoms with Gasteiger partial charge >= 0.3 is 0 Å². The molecule has 0 radical (unpaired) electrons. The fourth-order valence-corrected chi connectivity index (χ4v) is 4.20. The zero-order valence-electron chi connectivity index (χ0n) is 17.6. The van der Waals surface area contributed by atoms with Gasteiger partial charge in [-0.05, 0) is 47.9 Å². The highest BCUT2D eigenvalue weighted by molar-refractivity contribution is 5.83. The normalized spacial score (nSPS) is 15.9. The summed E-state index contributed by atoms with van der Waals surface area (Å²) in [7, 11) is 1.70. The smallest absolute Gasteiger partial charge is 0.226 e. The lowest BCUT2D eigenvalue weighted by Gasteiger charge is -2.41. The maximum absolute atomic E-state index is 12.9. The summed E-state index contributed by atoms with van der Waals surface area (Å²) in [4.78, 5) is 31.4. The molecule has 5 nitrogen and oxygen atoms in total. The summed E-state index contributed by atoms with van der Waals surface area (Å²) >= 11 is 0. The minimum absolute atomic E-state index is 0.0697. The lowest BCUT2D eigenvalue weighted by molar-refractivity contribution is -0.140. The van der Waals surface area contributed by atoms with E-state index in [-0.39, 0.29) is 11.8 Å². The molecule has 1 aromatic carbocycles. The number of pyridine rings is 1. The van der Waals surface area contributed by atoms with Crippen molar-refractivity contribution in [3.63, 3.8) is 0 Å². The van der Waals surface area contributed by atoms with Crippen LogP contribution in [0.3, 0.4) is 0 Å². The Morgan fingerprint density at radius 3 is 2.48 bits per heavy atom. The van der Waals surface area contributed by atoms with Crippen LogP contribution in [0.15, 0.2) is 48.8 Å². The third-order valence-corrected chi connectivity index (χ3v) is 5.83. The van der Waals surface area contributed by atoms with Crippen molar-refractivity contribution in [1.82, 2.24) is 15.2 Å². The highest BCUT2D eigenvalue weighted by Crippen LogP contribution is 2.36. The van der Waals surface area contributed by atoms with E-state index in [4.69, 9.17) is 0 Å². The highest BCUT2D eigenvalue weighted by Gasteiger charge is 2.41. The molecule has 154 valence electrons. The molecule has 1 aliphatic rings. The highest BCUT2D eigenvalue weighted by atomic mass is 16.2. The third-order valence-electron chi connectivity index (χ3n) is 5.83. The first-order valence-corrected chi connectivity index (χ1v) is 10.4. The first kappa shape index (κ1) is 21.0. The lowest BCUT2D eigenvalue weighted by atomic mass is 9.72. The number of aromatic nitrogens is 1. The van der Waals surface area contributed by atoms with Crippen molar-refractivity contribution in [2.45, 2.75) is 39.5 Å². The number of amides is 2. The summed E-state index contributed by atoms with van der Waals surface area (Å²) in [6, 6.07) is 12.3. The molecule has 0 aliphatic carbocycles. The zero-order chi connectivity index (χ0) is 20.9. The summed E-state index contributed by atoms with van der Waals surface area (Å²) in [6.07, 6.45) is 6.24. The number of carbonyl (C=O) groups is 2. The van der Waals surface area contributed by atoms with E-state index in [1.807, 2.05) is 29.3 Å². The minimum atomic E-state index is -0.475. The summed E-state index contributed by atoms with van der Waals surface area (Å²) in [5.74, 6) is 0.618. The van der Waals surface area contributed by atoms with Crippen molar-refractivity contribution in [1.29, 1.82) is 0 Å². The molecule has 0 bridgehead atoms. The molecule has 0 atom stereocenters. The number of piperidine rings is 1. The number of hydrogen-bond acceptors (Lipinski definition) is 3. The van der Waals surface area contributed by atoms with Gasteiger partial charge in [0.2, 0.25) is 11.8 Å². The van der Waals surface area contributed by atoms with Gasteiger partial charge in [-0.3, -0.25) is 14.6 Å². The van der Waals surface area contributed by atoms with Crippen LogP contribution in [0.4, 0.5) is 0 Å². The number of likely N-dealkylation sites (tertiary alicyclic amines) is 1. The Hall–Kier alpha value is -2.69. The van der Waals surface area contributed by atoms with Crippen molar-refractivity contribution in [3.8, 4) is 11.1 Å². The predicted molar refractivity (Wildman–Crippen MR) is 115 cm³/mol. The summed E-state index contributed by atoms with van der Waals surface area (Å²) in [5.41, 5.74) is 2.83. The van der Waals surface area contributed by atoms with Gasteiger partial charge < -0.3 is 10.2 Å². The van der Waals surface area contributed by atoms with Gasteiger partial charge in [-0.15, -0.1) is 0 Å². The number of nitrogens with one attached hydrogen (secondary N) is 1. The quantitative estimate of drug-likeness (QED) is 0.814. The van der Waals surface area contributed by atoms with E-state index in [1.165, 1.54) is 0 Å². The van der Waals surface area contributed by atoms with Gasteiger partial charge in [0, 0.05) is 39.0 Å². The molecular formula is C24H31N3O2. The Bertz CT molecular complexity index is 840. The van der Waals surface area contributed by atoms with Crippen LogP contribution >= 0.6 is 0 Å². The van der Waals surface area contributed by atoms with Gasteiger partial charge in [0.15, 0.2) is 0 Å². The number of rotatable bonds is 6. The molecule has 2 amide bonds. The molecule has 0 saturated carbocycles. The SMILES string of the molecule is CNC(=O)C1(Cc2cccc(-c3cccnc3)c2)CCN(C(=O)CC(C)C)CC1. The van der Waals surface area contributed by atoms with Crippen molar-refractivity contribution in [3.05, 3.63) is 54.4 Å². The molecule has 2 aromatic rings. The van der Waals surface area contributed by atoms with E-state index >= 15 is 0 Å². The Labute approximate surface area is 173 Å². The van der Waals surface area contributed by atoms with Gasteiger partial charge in [-0.2, -0.15) is 0 Å². The fraction of sp³-hybridized carbons (Fsp3) is 0.458. The van der Waals surface area contributed by atoms with Crippen molar-refractivity contribution in [2.24, 2.45) is 11.3 Å². The summed E-state index contributed by atoms with van der Waals surface area (Å²) in [6.45, 7) is 5.40. The van der Waals surface area contributed by atoms with E-state index < -0.39 is 5.41 Å². The van der Waals surface area contributed by atoms with Crippen LogP contribution in [0.25, 0.3) is 11.1 Å². The monoisotopic (exact) mass is 393 g/mol. The van der Waals surface area contributed by atoms with E-state index in [0.29, 0.717) is 44.7 Å². The lowest BCUT2D eigenvalue weighted by Crippen LogP contribution is -2.50. The zero-order valence-corrected chi connectivity index (χ0v) is 17.6. The van der Waals surface area contributed by atoms with Crippen LogP contribution < -0.4 is 5.32 Å². The molecule has 0 spiro atoms. The Balaban J connectivity index is 1.77. The fourth-order valence-electron chi connectivity index (χ4n) is 4.20. The van der Waals surface area contributed by atoms with E-state index in [2.05, 4.69) is 42.3 Å². The molecule has 1 aliphatic heterocycles. The molecule has 0 unspecified atom stereocenters. The van der Waals surface area contributed by atoms with E-state index in [1.54, 1.807) is 13.2 Å².